The molecule has 1 aliphatic rings. The summed E-state index contributed by atoms with van der Waals surface area (Å²) in [5.41, 5.74) is -0.931. The third-order valence-electron chi connectivity index (χ3n) is 3.34. The van der Waals surface area contributed by atoms with Gasteiger partial charge in [-0.05, 0) is 40.7 Å². The van der Waals surface area contributed by atoms with Gasteiger partial charge in [0.2, 0.25) is 0 Å². The molecule has 0 fully saturated rings. The number of likely N-dealkylation sites (N-methyl/N-ethyl adjacent to an activating group) is 1. The molecule has 0 aromatic heterocycles. The lowest BCUT2D eigenvalue weighted by Gasteiger charge is -2.32. The van der Waals surface area contributed by atoms with Crippen LogP contribution < -0.4 is 10.2 Å². The average molecular weight is 320 g/mol. The Morgan fingerprint density at radius 3 is 2.43 bits per heavy atom. The van der Waals surface area contributed by atoms with E-state index < -0.39 is 17.4 Å². The lowest BCUT2D eigenvalue weighted by atomic mass is 10.0. The van der Waals surface area contributed by atoms with Crippen molar-refractivity contribution < 1.29 is 19.1 Å². The molecule has 2 rings (SSSR count). The van der Waals surface area contributed by atoms with Crippen molar-refractivity contribution in [2.45, 2.75) is 52.0 Å². The number of fused-ring (bicyclic) bond motifs is 1. The number of rotatable bonds is 3. The van der Waals surface area contributed by atoms with Crippen LogP contribution in [-0.4, -0.2) is 30.8 Å². The smallest absolute Gasteiger partial charge is 0.410 e. The summed E-state index contributed by atoms with van der Waals surface area (Å²) in [6, 6.07) is 7.23. The molecular weight excluding hydrogens is 296 g/mol. The molecule has 0 saturated heterocycles. The second-order valence-corrected chi connectivity index (χ2v) is 6.86. The minimum Gasteiger partial charge on any atom is -0.444 e. The van der Waals surface area contributed by atoms with Crippen LogP contribution in [0.2, 0.25) is 0 Å². The van der Waals surface area contributed by atoms with Crippen molar-refractivity contribution in [2.75, 3.05) is 11.9 Å². The molecule has 6 nitrogen and oxygen atoms in total. The summed E-state index contributed by atoms with van der Waals surface area (Å²) < 4.78 is 11.2. The highest BCUT2D eigenvalue weighted by Crippen LogP contribution is 2.41. The number of nitrogens with zero attached hydrogens (tertiary/aromatic N) is 1. The molecule has 0 saturated carbocycles. The molecule has 1 heterocycles. The Balaban J connectivity index is 2.45. The van der Waals surface area contributed by atoms with E-state index in [0.29, 0.717) is 11.3 Å². The first-order chi connectivity index (χ1) is 10.6. The molecule has 6 heteroatoms. The van der Waals surface area contributed by atoms with Gasteiger partial charge in [-0.3, -0.25) is 10.1 Å². The Kier molecular flexibility index (Phi) is 4.39. The molecule has 0 spiro atoms. The summed E-state index contributed by atoms with van der Waals surface area (Å²) in [6.07, 6.45) is -0.968. The lowest BCUT2D eigenvalue weighted by molar-refractivity contribution is -0.155. The maximum absolute atomic E-state index is 12.9. The van der Waals surface area contributed by atoms with E-state index in [9.17, 15) is 9.59 Å². The van der Waals surface area contributed by atoms with Crippen LogP contribution in [0.5, 0.6) is 0 Å². The third kappa shape index (κ3) is 3.32. The van der Waals surface area contributed by atoms with Gasteiger partial charge in [0.05, 0.1) is 11.8 Å². The number of para-hydroxylation sites is 1. The molecular formula is C17H24N2O4. The molecule has 1 atom stereocenters. The summed E-state index contributed by atoms with van der Waals surface area (Å²) in [5.74, 6) is -0.349. The van der Waals surface area contributed by atoms with Crippen molar-refractivity contribution in [3.05, 3.63) is 29.8 Å². The number of hydrogen-bond acceptors (Lipinski definition) is 4. The highest BCUT2D eigenvalue weighted by molar-refractivity contribution is 6.07. The molecule has 2 amide bonds. The molecule has 1 aromatic rings. The Bertz CT molecular complexity index is 621. The first-order valence-electron chi connectivity index (χ1n) is 7.63. The van der Waals surface area contributed by atoms with Crippen LogP contribution in [0, 0.1) is 0 Å². The van der Waals surface area contributed by atoms with Crippen molar-refractivity contribution in [3.8, 4) is 0 Å². The van der Waals surface area contributed by atoms with Crippen molar-refractivity contribution in [2.24, 2.45) is 0 Å². The molecule has 126 valence electrons. The number of nitrogens with one attached hydrogen (secondary N) is 1. The number of hydrogen-bond donors (Lipinski definition) is 1. The van der Waals surface area contributed by atoms with Gasteiger partial charge in [0.25, 0.3) is 11.6 Å². The van der Waals surface area contributed by atoms with Gasteiger partial charge in [-0.15, -0.1) is 0 Å². The Hall–Kier alpha value is -2.08. The van der Waals surface area contributed by atoms with E-state index in [1.807, 2.05) is 26.0 Å². The van der Waals surface area contributed by atoms with E-state index in [2.05, 4.69) is 5.32 Å². The molecule has 1 aromatic carbocycles. The minimum absolute atomic E-state index is 0.270. The van der Waals surface area contributed by atoms with Crippen LogP contribution in [-0.2, 0) is 20.0 Å². The van der Waals surface area contributed by atoms with Gasteiger partial charge in [0, 0.05) is 12.6 Å². The fraction of sp³-hybridized carbons (Fsp3) is 0.529. The van der Waals surface area contributed by atoms with E-state index >= 15 is 0 Å². The predicted octanol–water partition coefficient (Wildman–Crippen LogP) is 2.77. The van der Waals surface area contributed by atoms with Crippen molar-refractivity contribution in [3.63, 3.8) is 0 Å². The Morgan fingerprint density at radius 1 is 1.26 bits per heavy atom. The summed E-state index contributed by atoms with van der Waals surface area (Å²) in [5, 5.41) is 2.64. The number of benzene rings is 1. The minimum atomic E-state index is -1.57. The van der Waals surface area contributed by atoms with Crippen LogP contribution in [0.1, 0.15) is 40.2 Å². The van der Waals surface area contributed by atoms with E-state index in [1.54, 1.807) is 40.0 Å². The van der Waals surface area contributed by atoms with Crippen molar-refractivity contribution in [1.29, 1.82) is 0 Å². The van der Waals surface area contributed by atoms with Gasteiger partial charge in [0.15, 0.2) is 0 Å². The third-order valence-corrected chi connectivity index (χ3v) is 3.34. The van der Waals surface area contributed by atoms with Gasteiger partial charge in [-0.1, -0.05) is 18.2 Å². The SMILES string of the molecule is CC(C)O[C@@]1(NC(=O)OC(C)(C)C)C(=O)N(C)c2ccccc21. The number of alkyl carbamates (subject to hydrolysis) is 1. The van der Waals surface area contributed by atoms with Crippen molar-refractivity contribution >= 4 is 17.7 Å². The first kappa shape index (κ1) is 17.3. The van der Waals surface area contributed by atoms with Gasteiger partial charge in [-0.25, -0.2) is 4.79 Å². The van der Waals surface area contributed by atoms with E-state index in [1.165, 1.54) is 4.90 Å². The normalized spacial score (nSPS) is 20.7. The molecule has 1 aliphatic heterocycles. The van der Waals surface area contributed by atoms with Gasteiger partial charge >= 0.3 is 6.09 Å². The first-order valence-corrected chi connectivity index (χ1v) is 7.63. The van der Waals surface area contributed by atoms with Gasteiger partial charge < -0.3 is 14.4 Å². The van der Waals surface area contributed by atoms with Crippen molar-refractivity contribution in [1.82, 2.24) is 5.32 Å². The monoisotopic (exact) mass is 320 g/mol. The number of ether oxygens (including phenoxy) is 2. The quantitative estimate of drug-likeness (QED) is 0.870. The lowest BCUT2D eigenvalue weighted by Crippen LogP contribution is -2.56. The zero-order chi connectivity index (χ0) is 17.4. The molecule has 0 aliphatic carbocycles. The largest absolute Gasteiger partial charge is 0.444 e. The second-order valence-electron chi connectivity index (χ2n) is 6.86. The maximum atomic E-state index is 12.9. The maximum Gasteiger partial charge on any atom is 0.410 e. The molecule has 23 heavy (non-hydrogen) atoms. The second kappa shape index (κ2) is 5.85. The van der Waals surface area contributed by atoms with E-state index in [4.69, 9.17) is 9.47 Å². The number of carbonyl (C=O) groups is 2. The fourth-order valence-corrected chi connectivity index (χ4v) is 2.59. The van der Waals surface area contributed by atoms with E-state index in [0.717, 1.165) is 0 Å². The molecule has 1 N–H and O–H groups in total. The van der Waals surface area contributed by atoms with Crippen LogP contribution in [0.3, 0.4) is 0 Å². The van der Waals surface area contributed by atoms with Gasteiger partial charge in [0.1, 0.15) is 5.60 Å². The molecule has 0 radical (unpaired) electrons. The zero-order valence-corrected chi connectivity index (χ0v) is 14.5. The zero-order valence-electron chi connectivity index (χ0n) is 14.5. The Labute approximate surface area is 136 Å². The number of amides is 2. The molecule has 0 bridgehead atoms. The molecule has 0 unspecified atom stereocenters. The predicted molar refractivity (Wildman–Crippen MR) is 87.1 cm³/mol. The number of carbonyl (C=O) groups excluding carboxylic acids is 2. The van der Waals surface area contributed by atoms with Crippen LogP contribution in [0.15, 0.2) is 24.3 Å². The number of anilines is 1. The highest BCUT2D eigenvalue weighted by atomic mass is 16.6. The Morgan fingerprint density at radius 2 is 1.87 bits per heavy atom. The summed E-state index contributed by atoms with van der Waals surface area (Å²) >= 11 is 0. The van der Waals surface area contributed by atoms with Gasteiger partial charge in [-0.2, -0.15) is 0 Å². The average Bonchev–Trinajstić information content (AvgIpc) is 2.59. The van der Waals surface area contributed by atoms with Crippen LogP contribution in [0.25, 0.3) is 0 Å². The topological polar surface area (TPSA) is 67.9 Å². The van der Waals surface area contributed by atoms with Crippen LogP contribution in [0.4, 0.5) is 10.5 Å². The fourth-order valence-electron chi connectivity index (χ4n) is 2.59. The van der Waals surface area contributed by atoms with E-state index in [-0.39, 0.29) is 12.0 Å². The summed E-state index contributed by atoms with van der Waals surface area (Å²) in [6.45, 7) is 8.91. The highest BCUT2D eigenvalue weighted by Gasteiger charge is 2.53. The standard InChI is InChI=1S/C17H24N2O4/c1-11(2)22-17(18-15(21)23-16(3,4)5)12-9-7-8-10-13(12)19(6)14(17)20/h7-11H,1-6H3,(H,18,21)/t17-/m1/s1. The van der Waals surface area contributed by atoms with Crippen LogP contribution >= 0.6 is 0 Å². The summed E-state index contributed by atoms with van der Waals surface area (Å²) in [7, 11) is 1.66. The summed E-state index contributed by atoms with van der Waals surface area (Å²) in [4.78, 5) is 26.6.